The van der Waals surface area contributed by atoms with Crippen LogP contribution in [0.25, 0.3) is 0 Å². The summed E-state index contributed by atoms with van der Waals surface area (Å²) in [6, 6.07) is 2.68. The van der Waals surface area contributed by atoms with Gasteiger partial charge in [0.15, 0.2) is 0 Å². The van der Waals surface area contributed by atoms with E-state index >= 15 is 0 Å². The minimum atomic E-state index is 0.522. The third-order valence-electron chi connectivity index (χ3n) is 3.03. The normalized spacial score (nSPS) is 20.6. The van der Waals surface area contributed by atoms with Crippen LogP contribution in [-0.4, -0.2) is 25.6 Å². The van der Waals surface area contributed by atoms with E-state index in [1.165, 1.54) is 24.0 Å². The van der Waals surface area contributed by atoms with Crippen molar-refractivity contribution in [1.29, 1.82) is 0 Å². The van der Waals surface area contributed by atoms with Gasteiger partial charge in [-0.05, 0) is 43.5 Å². The van der Waals surface area contributed by atoms with Crippen LogP contribution in [0.3, 0.4) is 0 Å². The van der Waals surface area contributed by atoms with Crippen molar-refractivity contribution in [1.82, 2.24) is 10.3 Å². The van der Waals surface area contributed by atoms with Gasteiger partial charge in [-0.2, -0.15) is 0 Å². The standard InChI is InChI=1S/C12H19N3/c1-9-7-12(15(2)3)14-8-10(9)11-5-4-6-13-11/h7-8,11,13H,4-6H2,1-3H3/t11-/m0/s1. The van der Waals surface area contributed by atoms with E-state index < -0.39 is 0 Å². The number of nitrogens with zero attached hydrogens (tertiary/aromatic N) is 2. The zero-order valence-electron chi connectivity index (χ0n) is 9.75. The fraction of sp³-hybridized carbons (Fsp3) is 0.583. The molecule has 2 heterocycles. The minimum Gasteiger partial charge on any atom is -0.363 e. The lowest BCUT2D eigenvalue weighted by Crippen LogP contribution is -2.16. The van der Waals surface area contributed by atoms with Crippen molar-refractivity contribution in [3.8, 4) is 0 Å². The Hall–Kier alpha value is -1.09. The molecule has 1 aliphatic heterocycles. The molecule has 0 aromatic carbocycles. The van der Waals surface area contributed by atoms with Gasteiger partial charge in [-0.1, -0.05) is 0 Å². The van der Waals surface area contributed by atoms with Crippen molar-refractivity contribution in [3.63, 3.8) is 0 Å². The molecule has 1 aromatic heterocycles. The second-order valence-electron chi connectivity index (χ2n) is 4.44. The molecule has 2 rings (SSSR count). The van der Waals surface area contributed by atoms with Crippen molar-refractivity contribution >= 4 is 5.82 Å². The number of aryl methyl sites for hydroxylation is 1. The summed E-state index contributed by atoms with van der Waals surface area (Å²) in [5.74, 6) is 1.04. The first-order chi connectivity index (χ1) is 7.18. The third-order valence-corrected chi connectivity index (χ3v) is 3.03. The van der Waals surface area contributed by atoms with Crippen LogP contribution in [-0.2, 0) is 0 Å². The molecule has 0 radical (unpaired) electrons. The topological polar surface area (TPSA) is 28.2 Å². The van der Waals surface area contributed by atoms with Crippen LogP contribution in [0.5, 0.6) is 0 Å². The van der Waals surface area contributed by atoms with Crippen molar-refractivity contribution in [2.45, 2.75) is 25.8 Å². The zero-order valence-corrected chi connectivity index (χ0v) is 9.75. The summed E-state index contributed by atoms with van der Waals surface area (Å²) in [6.07, 6.45) is 4.54. The van der Waals surface area contributed by atoms with E-state index in [1.807, 2.05) is 25.2 Å². The highest BCUT2D eigenvalue weighted by molar-refractivity contribution is 5.42. The molecule has 1 aromatic rings. The van der Waals surface area contributed by atoms with E-state index in [0.717, 1.165) is 12.4 Å². The Kier molecular flexibility index (Phi) is 2.91. The summed E-state index contributed by atoms with van der Waals surface area (Å²) < 4.78 is 0. The molecule has 0 saturated carbocycles. The van der Waals surface area contributed by atoms with Crippen LogP contribution < -0.4 is 10.2 Å². The number of anilines is 1. The molecule has 1 atom stereocenters. The first-order valence-corrected chi connectivity index (χ1v) is 5.56. The van der Waals surface area contributed by atoms with Gasteiger partial charge >= 0.3 is 0 Å². The number of pyridine rings is 1. The summed E-state index contributed by atoms with van der Waals surface area (Å²) in [4.78, 5) is 6.51. The van der Waals surface area contributed by atoms with Crippen LogP contribution in [0.15, 0.2) is 12.3 Å². The molecule has 0 unspecified atom stereocenters. The molecule has 1 fully saturated rings. The lowest BCUT2D eigenvalue weighted by atomic mass is 10.0. The molecule has 1 saturated heterocycles. The fourth-order valence-electron chi connectivity index (χ4n) is 2.11. The highest BCUT2D eigenvalue weighted by atomic mass is 15.1. The Morgan fingerprint density at radius 3 is 2.80 bits per heavy atom. The fourth-order valence-corrected chi connectivity index (χ4v) is 2.11. The molecule has 3 nitrogen and oxygen atoms in total. The summed E-state index contributed by atoms with van der Waals surface area (Å²) in [5.41, 5.74) is 2.70. The van der Waals surface area contributed by atoms with E-state index in [2.05, 4.69) is 23.3 Å². The summed E-state index contributed by atoms with van der Waals surface area (Å²) >= 11 is 0. The van der Waals surface area contributed by atoms with Crippen LogP contribution in [0.1, 0.15) is 30.0 Å². The van der Waals surface area contributed by atoms with Gasteiger partial charge in [0.25, 0.3) is 0 Å². The van der Waals surface area contributed by atoms with E-state index in [-0.39, 0.29) is 0 Å². The number of hydrogen-bond acceptors (Lipinski definition) is 3. The zero-order chi connectivity index (χ0) is 10.8. The highest BCUT2D eigenvalue weighted by Gasteiger charge is 2.18. The number of hydrogen-bond donors (Lipinski definition) is 1. The molecule has 1 N–H and O–H groups in total. The second-order valence-corrected chi connectivity index (χ2v) is 4.44. The smallest absolute Gasteiger partial charge is 0.128 e. The van der Waals surface area contributed by atoms with Crippen LogP contribution >= 0.6 is 0 Å². The molecule has 0 spiro atoms. The van der Waals surface area contributed by atoms with Crippen molar-refractivity contribution in [2.75, 3.05) is 25.5 Å². The van der Waals surface area contributed by atoms with Crippen LogP contribution in [0.4, 0.5) is 5.82 Å². The van der Waals surface area contributed by atoms with Gasteiger partial charge in [-0.25, -0.2) is 4.98 Å². The first-order valence-electron chi connectivity index (χ1n) is 5.56. The van der Waals surface area contributed by atoms with E-state index in [9.17, 15) is 0 Å². The molecule has 0 aliphatic carbocycles. The number of aromatic nitrogens is 1. The molecule has 3 heteroatoms. The quantitative estimate of drug-likeness (QED) is 0.799. The Bertz CT molecular complexity index is 341. The molecule has 82 valence electrons. The second kappa shape index (κ2) is 4.19. The Labute approximate surface area is 91.5 Å². The summed E-state index contributed by atoms with van der Waals surface area (Å²) in [5, 5.41) is 3.51. The molecular formula is C12H19N3. The van der Waals surface area contributed by atoms with E-state index in [1.54, 1.807) is 0 Å². The lowest BCUT2D eigenvalue weighted by Gasteiger charge is -2.17. The molecule has 1 aliphatic rings. The summed E-state index contributed by atoms with van der Waals surface area (Å²) in [7, 11) is 4.05. The predicted octanol–water partition coefficient (Wildman–Crippen LogP) is 1.88. The molecular weight excluding hydrogens is 186 g/mol. The van der Waals surface area contributed by atoms with Crippen molar-refractivity contribution in [2.24, 2.45) is 0 Å². The van der Waals surface area contributed by atoms with Crippen LogP contribution in [0, 0.1) is 6.92 Å². The monoisotopic (exact) mass is 205 g/mol. The van der Waals surface area contributed by atoms with Crippen LogP contribution in [0.2, 0.25) is 0 Å². The Morgan fingerprint density at radius 1 is 1.47 bits per heavy atom. The number of nitrogens with one attached hydrogen (secondary N) is 1. The van der Waals surface area contributed by atoms with Gasteiger partial charge in [-0.3, -0.25) is 0 Å². The average molecular weight is 205 g/mol. The lowest BCUT2D eigenvalue weighted by molar-refractivity contribution is 0.641. The van der Waals surface area contributed by atoms with Gasteiger partial charge in [0.05, 0.1) is 0 Å². The highest BCUT2D eigenvalue weighted by Crippen LogP contribution is 2.26. The first kappa shape index (κ1) is 10.4. The maximum absolute atomic E-state index is 4.47. The van der Waals surface area contributed by atoms with Crippen molar-refractivity contribution in [3.05, 3.63) is 23.4 Å². The summed E-state index contributed by atoms with van der Waals surface area (Å²) in [6.45, 7) is 3.31. The van der Waals surface area contributed by atoms with Gasteiger partial charge < -0.3 is 10.2 Å². The Morgan fingerprint density at radius 2 is 2.27 bits per heavy atom. The maximum Gasteiger partial charge on any atom is 0.128 e. The maximum atomic E-state index is 4.47. The van der Waals surface area contributed by atoms with Gasteiger partial charge in [0.1, 0.15) is 5.82 Å². The SMILES string of the molecule is Cc1cc(N(C)C)ncc1[C@@H]1CCCN1. The molecule has 0 amide bonds. The van der Waals surface area contributed by atoms with Crippen molar-refractivity contribution < 1.29 is 0 Å². The van der Waals surface area contributed by atoms with E-state index in [4.69, 9.17) is 0 Å². The van der Waals surface area contributed by atoms with Gasteiger partial charge in [-0.15, -0.1) is 0 Å². The molecule has 15 heavy (non-hydrogen) atoms. The minimum absolute atomic E-state index is 0.522. The van der Waals surface area contributed by atoms with E-state index in [0.29, 0.717) is 6.04 Å². The average Bonchev–Trinajstić information content (AvgIpc) is 2.70. The number of rotatable bonds is 2. The van der Waals surface area contributed by atoms with Gasteiger partial charge in [0, 0.05) is 26.3 Å². The largest absolute Gasteiger partial charge is 0.363 e. The molecule has 0 bridgehead atoms. The predicted molar refractivity (Wildman–Crippen MR) is 63.3 cm³/mol. The Balaban J connectivity index is 2.25. The van der Waals surface area contributed by atoms with Gasteiger partial charge in [0.2, 0.25) is 0 Å². The third kappa shape index (κ3) is 2.12.